The van der Waals surface area contributed by atoms with Gasteiger partial charge in [0, 0.05) is 5.56 Å². The second-order valence-corrected chi connectivity index (χ2v) is 2.63. The fraction of sp³-hybridized carbons (Fsp3) is 0.333. The number of benzene rings is 1. The first-order valence-electron chi connectivity index (χ1n) is 3.76. The third-order valence-electron chi connectivity index (χ3n) is 1.96. The highest BCUT2D eigenvalue weighted by atomic mass is 16.7. The first kappa shape index (κ1) is 7.28. The van der Waals surface area contributed by atoms with Gasteiger partial charge in [0.05, 0.1) is 7.11 Å². The van der Waals surface area contributed by atoms with Gasteiger partial charge >= 0.3 is 0 Å². The molecule has 0 saturated heterocycles. The quantitative estimate of drug-likeness (QED) is 0.635. The van der Waals surface area contributed by atoms with E-state index in [1.165, 1.54) is 0 Å². The molecule has 0 fully saturated rings. The summed E-state index contributed by atoms with van der Waals surface area (Å²) in [5, 5.41) is 0. The topological polar surface area (TPSA) is 27.7 Å². The number of ether oxygens (including phenoxy) is 3. The lowest BCUT2D eigenvalue weighted by atomic mass is 10.2. The molecule has 1 aromatic rings. The van der Waals surface area contributed by atoms with Crippen molar-refractivity contribution in [3.8, 4) is 17.2 Å². The van der Waals surface area contributed by atoms with Gasteiger partial charge in [-0.15, -0.1) is 0 Å². The zero-order valence-electron chi connectivity index (χ0n) is 7.09. The van der Waals surface area contributed by atoms with Gasteiger partial charge in [-0.1, -0.05) is 0 Å². The molecule has 0 aliphatic carbocycles. The third kappa shape index (κ3) is 0.897. The van der Waals surface area contributed by atoms with Crippen molar-refractivity contribution in [1.82, 2.24) is 0 Å². The smallest absolute Gasteiger partial charge is 0.231 e. The van der Waals surface area contributed by atoms with E-state index in [4.69, 9.17) is 14.2 Å². The molecule has 1 aliphatic rings. The van der Waals surface area contributed by atoms with Gasteiger partial charge in [-0.3, -0.25) is 0 Å². The van der Waals surface area contributed by atoms with Crippen LogP contribution in [0.15, 0.2) is 12.1 Å². The molecule has 0 bridgehead atoms. The standard InChI is InChI=1S/C9H10O3/c1-6-7(10-2)3-4-8-9(6)12-5-11-8/h3-4H,5H2,1-2H3. The van der Waals surface area contributed by atoms with Crippen LogP contribution in [0.5, 0.6) is 17.2 Å². The second-order valence-electron chi connectivity index (χ2n) is 2.63. The van der Waals surface area contributed by atoms with Crippen molar-refractivity contribution in [1.29, 1.82) is 0 Å². The van der Waals surface area contributed by atoms with Crippen LogP contribution in [0.2, 0.25) is 0 Å². The maximum absolute atomic E-state index is 5.27. The molecular weight excluding hydrogens is 156 g/mol. The second kappa shape index (κ2) is 2.59. The van der Waals surface area contributed by atoms with E-state index in [1.807, 2.05) is 19.1 Å². The molecule has 0 spiro atoms. The highest BCUT2D eigenvalue weighted by molar-refractivity contribution is 5.54. The van der Waals surface area contributed by atoms with Crippen LogP contribution in [0.25, 0.3) is 0 Å². The van der Waals surface area contributed by atoms with Crippen LogP contribution in [0.3, 0.4) is 0 Å². The van der Waals surface area contributed by atoms with Gasteiger partial charge in [-0.2, -0.15) is 0 Å². The summed E-state index contributed by atoms with van der Waals surface area (Å²) in [6.45, 7) is 2.26. The van der Waals surface area contributed by atoms with Crippen molar-refractivity contribution in [3.63, 3.8) is 0 Å². The predicted octanol–water partition coefficient (Wildman–Crippen LogP) is 1.73. The number of methoxy groups -OCH3 is 1. The van der Waals surface area contributed by atoms with Crippen LogP contribution in [0.1, 0.15) is 5.56 Å². The van der Waals surface area contributed by atoms with Crippen molar-refractivity contribution >= 4 is 0 Å². The van der Waals surface area contributed by atoms with Crippen molar-refractivity contribution in [2.45, 2.75) is 6.92 Å². The van der Waals surface area contributed by atoms with Gasteiger partial charge in [-0.25, -0.2) is 0 Å². The minimum Gasteiger partial charge on any atom is -0.496 e. The van der Waals surface area contributed by atoms with Crippen LogP contribution in [-0.2, 0) is 0 Å². The van der Waals surface area contributed by atoms with E-state index < -0.39 is 0 Å². The van der Waals surface area contributed by atoms with Gasteiger partial charge in [0.15, 0.2) is 11.5 Å². The fourth-order valence-corrected chi connectivity index (χ4v) is 1.31. The Bertz CT molecular complexity index is 307. The molecule has 0 N–H and O–H groups in total. The Balaban J connectivity index is 2.54. The molecule has 64 valence electrons. The summed E-state index contributed by atoms with van der Waals surface area (Å²) in [6, 6.07) is 3.73. The molecule has 0 radical (unpaired) electrons. The fourth-order valence-electron chi connectivity index (χ4n) is 1.31. The molecule has 0 saturated carbocycles. The molecule has 1 heterocycles. The number of hydrogen-bond donors (Lipinski definition) is 0. The normalized spacial score (nSPS) is 13.2. The maximum atomic E-state index is 5.27. The molecule has 1 aromatic carbocycles. The Morgan fingerprint density at radius 3 is 2.92 bits per heavy atom. The molecule has 3 heteroatoms. The van der Waals surface area contributed by atoms with Gasteiger partial charge in [0.25, 0.3) is 0 Å². The van der Waals surface area contributed by atoms with E-state index in [-0.39, 0.29) is 0 Å². The Labute approximate surface area is 70.9 Å². The van der Waals surface area contributed by atoms with Crippen molar-refractivity contribution in [2.24, 2.45) is 0 Å². The van der Waals surface area contributed by atoms with E-state index in [0.717, 1.165) is 22.8 Å². The van der Waals surface area contributed by atoms with Crippen LogP contribution >= 0.6 is 0 Å². The molecule has 0 unspecified atom stereocenters. The van der Waals surface area contributed by atoms with Crippen LogP contribution in [0, 0.1) is 6.92 Å². The Kier molecular flexibility index (Phi) is 1.57. The van der Waals surface area contributed by atoms with Gasteiger partial charge in [0.2, 0.25) is 6.79 Å². The first-order chi connectivity index (χ1) is 5.83. The van der Waals surface area contributed by atoms with Crippen LogP contribution in [-0.4, -0.2) is 13.9 Å². The molecular formula is C9H10O3. The average Bonchev–Trinajstić information content (AvgIpc) is 2.53. The third-order valence-corrected chi connectivity index (χ3v) is 1.96. The largest absolute Gasteiger partial charge is 0.496 e. The van der Waals surface area contributed by atoms with Crippen LogP contribution in [0.4, 0.5) is 0 Å². The van der Waals surface area contributed by atoms with E-state index in [0.29, 0.717) is 6.79 Å². The number of hydrogen-bond acceptors (Lipinski definition) is 3. The SMILES string of the molecule is COc1ccc2c(c1C)OCO2. The van der Waals surface area contributed by atoms with Crippen LogP contribution < -0.4 is 14.2 Å². The highest BCUT2D eigenvalue weighted by Crippen LogP contribution is 2.39. The lowest BCUT2D eigenvalue weighted by Gasteiger charge is -2.05. The first-order valence-corrected chi connectivity index (χ1v) is 3.76. The van der Waals surface area contributed by atoms with E-state index in [9.17, 15) is 0 Å². The van der Waals surface area contributed by atoms with Gasteiger partial charge < -0.3 is 14.2 Å². The number of rotatable bonds is 1. The molecule has 1 aliphatic heterocycles. The summed E-state index contributed by atoms with van der Waals surface area (Å²) in [5.41, 5.74) is 0.993. The lowest BCUT2D eigenvalue weighted by molar-refractivity contribution is 0.173. The van der Waals surface area contributed by atoms with Crippen molar-refractivity contribution in [3.05, 3.63) is 17.7 Å². The monoisotopic (exact) mass is 166 g/mol. The molecule has 0 amide bonds. The van der Waals surface area contributed by atoms with E-state index in [2.05, 4.69) is 0 Å². The highest BCUT2D eigenvalue weighted by Gasteiger charge is 2.17. The lowest BCUT2D eigenvalue weighted by Crippen LogP contribution is -1.93. The average molecular weight is 166 g/mol. The molecule has 0 aromatic heterocycles. The van der Waals surface area contributed by atoms with Gasteiger partial charge in [0.1, 0.15) is 5.75 Å². The Hall–Kier alpha value is -1.38. The minimum absolute atomic E-state index is 0.309. The summed E-state index contributed by atoms with van der Waals surface area (Å²) < 4.78 is 15.6. The van der Waals surface area contributed by atoms with Crippen molar-refractivity contribution < 1.29 is 14.2 Å². The zero-order valence-corrected chi connectivity index (χ0v) is 7.09. The maximum Gasteiger partial charge on any atom is 0.231 e. The molecule has 12 heavy (non-hydrogen) atoms. The molecule has 0 atom stereocenters. The van der Waals surface area contributed by atoms with E-state index in [1.54, 1.807) is 7.11 Å². The summed E-state index contributed by atoms with van der Waals surface area (Å²) in [7, 11) is 1.64. The Morgan fingerprint density at radius 1 is 1.33 bits per heavy atom. The minimum atomic E-state index is 0.309. The van der Waals surface area contributed by atoms with E-state index >= 15 is 0 Å². The summed E-state index contributed by atoms with van der Waals surface area (Å²) >= 11 is 0. The number of fused-ring (bicyclic) bond motifs is 1. The zero-order chi connectivity index (χ0) is 8.55. The predicted molar refractivity (Wildman–Crippen MR) is 43.9 cm³/mol. The summed E-state index contributed by atoms with van der Waals surface area (Å²) in [4.78, 5) is 0. The Morgan fingerprint density at radius 2 is 2.17 bits per heavy atom. The van der Waals surface area contributed by atoms with Crippen molar-refractivity contribution in [2.75, 3.05) is 13.9 Å². The summed E-state index contributed by atoms with van der Waals surface area (Å²) in [5.74, 6) is 2.43. The van der Waals surface area contributed by atoms with Gasteiger partial charge in [-0.05, 0) is 19.1 Å². The summed E-state index contributed by atoms with van der Waals surface area (Å²) in [6.07, 6.45) is 0. The molecule has 2 rings (SSSR count). The molecule has 3 nitrogen and oxygen atoms in total.